The number of anilines is 1. The van der Waals surface area contributed by atoms with Gasteiger partial charge in [-0.3, -0.25) is 4.79 Å². The van der Waals surface area contributed by atoms with E-state index in [1.165, 1.54) is 0 Å². The minimum absolute atomic E-state index is 0.0366. The van der Waals surface area contributed by atoms with Gasteiger partial charge in [-0.15, -0.1) is 0 Å². The normalized spacial score (nSPS) is 17.6. The first kappa shape index (κ1) is 13.2. The fourth-order valence-corrected chi connectivity index (χ4v) is 2.28. The third-order valence-corrected chi connectivity index (χ3v) is 3.47. The molecular weight excluding hydrogens is 242 g/mol. The number of amides is 1. The number of benzene rings is 1. The molecule has 1 amide bonds. The molecule has 5 heteroatoms. The lowest BCUT2D eigenvalue weighted by Gasteiger charge is -2.43. The van der Waals surface area contributed by atoms with Crippen LogP contribution >= 0.6 is 0 Å². The zero-order valence-corrected chi connectivity index (χ0v) is 11.4. The molecule has 0 radical (unpaired) electrons. The lowest BCUT2D eigenvalue weighted by atomic mass is 9.96. The highest BCUT2D eigenvalue weighted by atomic mass is 16.5. The Morgan fingerprint density at radius 1 is 1.47 bits per heavy atom. The van der Waals surface area contributed by atoms with E-state index in [0.717, 1.165) is 5.69 Å². The van der Waals surface area contributed by atoms with Gasteiger partial charge in [-0.05, 0) is 26.0 Å². The molecule has 2 rings (SSSR count). The van der Waals surface area contributed by atoms with E-state index in [0.29, 0.717) is 24.4 Å². The van der Waals surface area contributed by atoms with Crippen LogP contribution in [0.5, 0.6) is 5.75 Å². The van der Waals surface area contributed by atoms with Gasteiger partial charge in [-0.2, -0.15) is 5.26 Å². The molecule has 1 aliphatic rings. The molecule has 0 aromatic heterocycles. The molecule has 100 valence electrons. The first-order valence-corrected chi connectivity index (χ1v) is 6.15. The summed E-state index contributed by atoms with van der Waals surface area (Å²) in [5.41, 5.74) is 0.598. The van der Waals surface area contributed by atoms with Crippen molar-refractivity contribution < 1.29 is 9.53 Å². The summed E-state index contributed by atoms with van der Waals surface area (Å²) in [5.74, 6) is 0.640. The topological polar surface area (TPSA) is 65.4 Å². The van der Waals surface area contributed by atoms with Gasteiger partial charge in [0.1, 0.15) is 17.4 Å². The quantitative estimate of drug-likeness (QED) is 0.869. The molecule has 1 heterocycles. The predicted octanol–water partition coefficient (Wildman–Crippen LogP) is 1.28. The second kappa shape index (κ2) is 4.81. The maximum absolute atomic E-state index is 12.0. The highest BCUT2D eigenvalue weighted by Gasteiger charge is 2.38. The number of rotatable bonds is 2. The molecule has 0 spiro atoms. The molecule has 0 aliphatic carbocycles. The van der Waals surface area contributed by atoms with Crippen molar-refractivity contribution in [1.29, 1.82) is 5.26 Å². The Bertz CT molecular complexity index is 546. The van der Waals surface area contributed by atoms with Crippen LogP contribution in [0.25, 0.3) is 0 Å². The van der Waals surface area contributed by atoms with Crippen LogP contribution in [0.2, 0.25) is 0 Å². The van der Waals surface area contributed by atoms with Crippen LogP contribution in [0.3, 0.4) is 0 Å². The number of nitrogens with one attached hydrogen (secondary N) is 1. The zero-order chi connectivity index (χ0) is 14.0. The Morgan fingerprint density at radius 3 is 2.84 bits per heavy atom. The summed E-state index contributed by atoms with van der Waals surface area (Å²) in [6, 6.07) is 7.44. The number of carbonyl (C=O) groups excluding carboxylic acids is 1. The van der Waals surface area contributed by atoms with Crippen LogP contribution in [0.4, 0.5) is 5.69 Å². The highest BCUT2D eigenvalue weighted by molar-refractivity contribution is 5.91. The number of methoxy groups -OCH3 is 1. The summed E-state index contributed by atoms with van der Waals surface area (Å²) in [6.07, 6.45) is 0. The molecule has 1 N–H and O–H groups in total. The summed E-state index contributed by atoms with van der Waals surface area (Å²) >= 11 is 0. The van der Waals surface area contributed by atoms with Crippen molar-refractivity contribution >= 4 is 11.6 Å². The van der Waals surface area contributed by atoms with Crippen molar-refractivity contribution in [3.63, 3.8) is 0 Å². The molecule has 0 atom stereocenters. The minimum atomic E-state index is -0.684. The molecule has 1 fully saturated rings. The van der Waals surface area contributed by atoms with Crippen molar-refractivity contribution in [2.75, 3.05) is 25.1 Å². The number of piperazine rings is 1. The van der Waals surface area contributed by atoms with Gasteiger partial charge in [-0.1, -0.05) is 0 Å². The monoisotopic (exact) mass is 259 g/mol. The maximum Gasteiger partial charge on any atom is 0.245 e. The number of ether oxygens (including phenoxy) is 1. The first-order valence-electron chi connectivity index (χ1n) is 6.15. The van der Waals surface area contributed by atoms with E-state index in [4.69, 9.17) is 4.74 Å². The van der Waals surface area contributed by atoms with Gasteiger partial charge < -0.3 is 15.0 Å². The van der Waals surface area contributed by atoms with E-state index in [1.807, 2.05) is 18.7 Å². The molecular formula is C14H17N3O2. The second-order valence-corrected chi connectivity index (χ2v) is 4.96. The zero-order valence-electron chi connectivity index (χ0n) is 11.4. The predicted molar refractivity (Wildman–Crippen MR) is 72.1 cm³/mol. The minimum Gasteiger partial charge on any atom is -0.497 e. The SMILES string of the molecule is COc1ccc(C#N)c(N2CCNC(=O)C2(C)C)c1. The average Bonchev–Trinajstić information content (AvgIpc) is 2.41. The number of hydrogen-bond donors (Lipinski definition) is 1. The molecule has 1 aromatic rings. The van der Waals surface area contributed by atoms with Crippen LogP contribution < -0.4 is 15.0 Å². The highest BCUT2D eigenvalue weighted by Crippen LogP contribution is 2.32. The Morgan fingerprint density at radius 2 is 2.21 bits per heavy atom. The van der Waals surface area contributed by atoms with Gasteiger partial charge in [0.25, 0.3) is 0 Å². The summed E-state index contributed by atoms with van der Waals surface area (Å²) in [7, 11) is 1.58. The average molecular weight is 259 g/mol. The Hall–Kier alpha value is -2.22. The van der Waals surface area contributed by atoms with E-state index in [1.54, 1.807) is 25.3 Å². The van der Waals surface area contributed by atoms with Gasteiger partial charge in [0.05, 0.1) is 18.4 Å². The molecule has 0 saturated carbocycles. The number of nitriles is 1. The Labute approximate surface area is 112 Å². The van der Waals surface area contributed by atoms with Crippen molar-refractivity contribution in [2.45, 2.75) is 19.4 Å². The van der Waals surface area contributed by atoms with E-state index < -0.39 is 5.54 Å². The Balaban J connectivity index is 2.50. The number of nitrogens with zero attached hydrogens (tertiary/aromatic N) is 2. The van der Waals surface area contributed by atoms with Crippen LogP contribution in [0.1, 0.15) is 19.4 Å². The largest absolute Gasteiger partial charge is 0.497 e. The molecule has 0 unspecified atom stereocenters. The van der Waals surface area contributed by atoms with E-state index in [2.05, 4.69) is 11.4 Å². The van der Waals surface area contributed by atoms with Crippen molar-refractivity contribution in [3.8, 4) is 11.8 Å². The van der Waals surface area contributed by atoms with Crippen LogP contribution in [-0.2, 0) is 4.79 Å². The molecule has 19 heavy (non-hydrogen) atoms. The van der Waals surface area contributed by atoms with Gasteiger partial charge in [0.15, 0.2) is 0 Å². The smallest absolute Gasteiger partial charge is 0.245 e. The van der Waals surface area contributed by atoms with Crippen LogP contribution in [-0.4, -0.2) is 31.6 Å². The van der Waals surface area contributed by atoms with E-state index in [9.17, 15) is 10.1 Å². The second-order valence-electron chi connectivity index (χ2n) is 4.96. The summed E-state index contributed by atoms with van der Waals surface area (Å²) in [6.45, 7) is 4.94. The molecule has 5 nitrogen and oxygen atoms in total. The summed E-state index contributed by atoms with van der Waals surface area (Å²) < 4.78 is 5.20. The number of carbonyl (C=O) groups is 1. The maximum atomic E-state index is 12.0. The van der Waals surface area contributed by atoms with Gasteiger partial charge >= 0.3 is 0 Å². The summed E-state index contributed by atoms with van der Waals surface area (Å²) in [4.78, 5) is 13.9. The molecule has 1 aliphatic heterocycles. The van der Waals surface area contributed by atoms with Crippen LogP contribution in [0, 0.1) is 11.3 Å². The standard InChI is InChI=1S/C14H17N3O2/c1-14(2)13(18)16-6-7-17(14)12-8-11(19-3)5-4-10(12)9-15/h4-5,8H,6-7H2,1-3H3,(H,16,18). The van der Waals surface area contributed by atoms with Gasteiger partial charge in [0, 0.05) is 19.2 Å². The first-order chi connectivity index (χ1) is 9.00. The molecule has 1 aromatic carbocycles. The van der Waals surface area contributed by atoms with Gasteiger partial charge in [-0.25, -0.2) is 0 Å². The van der Waals surface area contributed by atoms with Crippen molar-refractivity contribution in [3.05, 3.63) is 23.8 Å². The van der Waals surface area contributed by atoms with Gasteiger partial charge in [0.2, 0.25) is 5.91 Å². The molecule has 0 bridgehead atoms. The summed E-state index contributed by atoms with van der Waals surface area (Å²) in [5, 5.41) is 12.1. The fourth-order valence-electron chi connectivity index (χ4n) is 2.28. The van der Waals surface area contributed by atoms with Crippen molar-refractivity contribution in [1.82, 2.24) is 5.32 Å². The fraction of sp³-hybridized carbons (Fsp3) is 0.429. The Kier molecular flexibility index (Phi) is 3.34. The lowest BCUT2D eigenvalue weighted by Crippen LogP contribution is -2.62. The lowest BCUT2D eigenvalue weighted by molar-refractivity contribution is -0.126. The van der Waals surface area contributed by atoms with E-state index in [-0.39, 0.29) is 5.91 Å². The number of hydrogen-bond acceptors (Lipinski definition) is 4. The third kappa shape index (κ3) is 2.22. The van der Waals surface area contributed by atoms with Crippen LogP contribution in [0.15, 0.2) is 18.2 Å². The third-order valence-electron chi connectivity index (χ3n) is 3.47. The van der Waals surface area contributed by atoms with E-state index >= 15 is 0 Å². The van der Waals surface area contributed by atoms with Crippen molar-refractivity contribution in [2.24, 2.45) is 0 Å². The molecule has 1 saturated heterocycles.